The van der Waals surface area contributed by atoms with Gasteiger partial charge in [0.1, 0.15) is 0 Å². The molecule has 0 saturated heterocycles. The van der Waals surface area contributed by atoms with Gasteiger partial charge >= 0.3 is 0 Å². The molecule has 0 aliphatic carbocycles. The van der Waals surface area contributed by atoms with Gasteiger partial charge in [-0.1, -0.05) is 36.4 Å². The molecule has 34 heavy (non-hydrogen) atoms. The Morgan fingerprint density at radius 2 is 1.82 bits per heavy atom. The minimum absolute atomic E-state index is 0.00601. The molecule has 1 aliphatic rings. The summed E-state index contributed by atoms with van der Waals surface area (Å²) in [7, 11) is 4.99. The fourth-order valence-corrected chi connectivity index (χ4v) is 5.40. The molecular formula is C27H32N2O4S. The lowest BCUT2D eigenvalue weighted by atomic mass is 9.90. The minimum atomic E-state index is -0.00601. The summed E-state index contributed by atoms with van der Waals surface area (Å²) in [6.07, 6.45) is 0.849. The number of methoxy groups -OCH3 is 3. The highest BCUT2D eigenvalue weighted by atomic mass is 32.1. The van der Waals surface area contributed by atoms with Gasteiger partial charge in [-0.3, -0.25) is 9.69 Å². The van der Waals surface area contributed by atoms with Crippen LogP contribution in [0.2, 0.25) is 0 Å². The van der Waals surface area contributed by atoms with Crippen LogP contribution in [0.25, 0.3) is 0 Å². The normalized spacial score (nSPS) is 15.6. The van der Waals surface area contributed by atoms with Crippen LogP contribution in [0.1, 0.15) is 27.6 Å². The maximum atomic E-state index is 13.6. The lowest BCUT2D eigenvalue weighted by Crippen LogP contribution is -2.45. The number of fused-ring (bicyclic) bond motifs is 1. The van der Waals surface area contributed by atoms with Crippen molar-refractivity contribution in [1.82, 2.24) is 9.80 Å². The van der Waals surface area contributed by atoms with Crippen molar-refractivity contribution in [2.75, 3.05) is 47.6 Å². The summed E-state index contributed by atoms with van der Waals surface area (Å²) in [6.45, 7) is 2.77. The van der Waals surface area contributed by atoms with E-state index in [4.69, 9.17) is 14.2 Å². The van der Waals surface area contributed by atoms with Crippen LogP contribution in [-0.2, 0) is 22.5 Å². The largest absolute Gasteiger partial charge is 0.493 e. The third kappa shape index (κ3) is 5.43. The highest BCUT2D eigenvalue weighted by molar-refractivity contribution is 7.10. The molecule has 0 bridgehead atoms. The maximum Gasteiger partial charge on any atom is 0.237 e. The molecule has 0 N–H and O–H groups in total. The van der Waals surface area contributed by atoms with Crippen LogP contribution in [-0.4, -0.2) is 63.3 Å². The number of thiophene rings is 1. The zero-order valence-corrected chi connectivity index (χ0v) is 20.8. The molecule has 0 fully saturated rings. The highest BCUT2D eigenvalue weighted by Gasteiger charge is 2.33. The first-order valence-corrected chi connectivity index (χ1v) is 12.4. The monoisotopic (exact) mass is 480 g/mol. The molecule has 1 aliphatic heterocycles. The summed E-state index contributed by atoms with van der Waals surface area (Å²) in [5.41, 5.74) is 3.52. The Bertz CT molecular complexity index is 1070. The van der Waals surface area contributed by atoms with E-state index < -0.39 is 0 Å². The van der Waals surface area contributed by atoms with Crippen molar-refractivity contribution < 1.29 is 19.0 Å². The molecule has 1 unspecified atom stereocenters. The number of benzene rings is 2. The molecule has 0 saturated carbocycles. The predicted molar refractivity (Wildman–Crippen MR) is 135 cm³/mol. The van der Waals surface area contributed by atoms with Crippen LogP contribution in [0.3, 0.4) is 0 Å². The number of carbonyl (C=O) groups excluding carboxylic acids is 1. The fraction of sp³-hybridized carbons (Fsp3) is 0.370. The Labute approximate surface area is 205 Å². The molecule has 4 rings (SSSR count). The first kappa shape index (κ1) is 24.3. The van der Waals surface area contributed by atoms with Crippen molar-refractivity contribution >= 4 is 17.2 Å². The van der Waals surface area contributed by atoms with E-state index in [1.54, 1.807) is 32.7 Å². The molecule has 1 atom stereocenters. The zero-order valence-electron chi connectivity index (χ0n) is 20.0. The first-order chi connectivity index (χ1) is 16.6. The molecule has 3 aromatic rings. The van der Waals surface area contributed by atoms with Crippen LogP contribution < -0.4 is 9.47 Å². The topological polar surface area (TPSA) is 51.2 Å². The molecular weight excluding hydrogens is 448 g/mol. The van der Waals surface area contributed by atoms with E-state index in [2.05, 4.69) is 46.7 Å². The van der Waals surface area contributed by atoms with E-state index in [-0.39, 0.29) is 11.9 Å². The molecule has 2 aromatic carbocycles. The fourth-order valence-electron chi connectivity index (χ4n) is 4.52. The second-order valence-corrected chi connectivity index (χ2v) is 9.32. The van der Waals surface area contributed by atoms with Crippen molar-refractivity contribution in [2.24, 2.45) is 0 Å². The van der Waals surface area contributed by atoms with E-state index >= 15 is 0 Å². The van der Waals surface area contributed by atoms with Gasteiger partial charge < -0.3 is 19.1 Å². The number of ether oxygens (including phenoxy) is 3. The van der Waals surface area contributed by atoms with Crippen molar-refractivity contribution in [3.05, 3.63) is 81.5 Å². The van der Waals surface area contributed by atoms with Crippen LogP contribution in [0.5, 0.6) is 11.5 Å². The smallest absolute Gasteiger partial charge is 0.237 e. The van der Waals surface area contributed by atoms with Gasteiger partial charge in [-0.2, -0.15) is 0 Å². The van der Waals surface area contributed by atoms with Crippen molar-refractivity contribution in [3.8, 4) is 11.5 Å². The summed E-state index contributed by atoms with van der Waals surface area (Å²) >= 11 is 1.71. The quantitative estimate of drug-likeness (QED) is 0.431. The molecule has 0 radical (unpaired) electrons. The van der Waals surface area contributed by atoms with Gasteiger partial charge in [0.05, 0.1) is 33.4 Å². The van der Waals surface area contributed by atoms with E-state index in [1.165, 1.54) is 16.0 Å². The molecule has 180 valence electrons. The Morgan fingerprint density at radius 1 is 1.06 bits per heavy atom. The Morgan fingerprint density at radius 3 is 2.50 bits per heavy atom. The Balaban J connectivity index is 1.61. The summed E-state index contributed by atoms with van der Waals surface area (Å²) in [5.74, 6) is 1.55. The molecule has 1 aromatic heterocycles. The first-order valence-electron chi connectivity index (χ1n) is 11.5. The third-order valence-electron chi connectivity index (χ3n) is 6.26. The van der Waals surface area contributed by atoms with Gasteiger partial charge in [-0.15, -0.1) is 11.3 Å². The molecule has 0 spiro atoms. The van der Waals surface area contributed by atoms with Gasteiger partial charge in [-0.05, 0) is 46.7 Å². The SMILES string of the molecule is COCCN(Cc1ccccc1)C(=O)CN1CCc2cc(OC)c(OC)cc2C1c1cccs1. The van der Waals surface area contributed by atoms with Crippen molar-refractivity contribution in [1.29, 1.82) is 0 Å². The Kier molecular flexibility index (Phi) is 8.21. The summed E-state index contributed by atoms with van der Waals surface area (Å²) in [4.78, 5) is 19.0. The molecule has 2 heterocycles. The number of hydrogen-bond acceptors (Lipinski definition) is 6. The van der Waals surface area contributed by atoms with Gasteiger partial charge in [0.15, 0.2) is 11.5 Å². The molecule has 6 nitrogen and oxygen atoms in total. The summed E-state index contributed by atoms with van der Waals surface area (Å²) in [5, 5.41) is 2.09. The third-order valence-corrected chi connectivity index (χ3v) is 7.18. The standard InChI is InChI=1S/C27H32N2O4S/c1-31-14-13-28(18-20-8-5-4-6-9-20)26(30)19-29-12-11-21-16-23(32-2)24(33-3)17-22(21)27(29)25-10-7-15-34-25/h4-10,15-17,27H,11-14,18-19H2,1-3H3. The van der Waals surface area contributed by atoms with Gasteiger partial charge in [0.2, 0.25) is 5.91 Å². The number of rotatable bonds is 10. The van der Waals surface area contributed by atoms with Crippen LogP contribution in [0.4, 0.5) is 0 Å². The van der Waals surface area contributed by atoms with Gasteiger partial charge in [0.25, 0.3) is 0 Å². The molecule has 1 amide bonds. The lowest BCUT2D eigenvalue weighted by Gasteiger charge is -2.38. The van der Waals surface area contributed by atoms with Crippen LogP contribution in [0.15, 0.2) is 60.0 Å². The second kappa shape index (κ2) is 11.5. The number of amides is 1. The summed E-state index contributed by atoms with van der Waals surface area (Å²) in [6, 6.07) is 18.5. The molecule has 7 heteroatoms. The van der Waals surface area contributed by atoms with E-state index in [0.29, 0.717) is 32.0 Å². The van der Waals surface area contributed by atoms with E-state index in [1.807, 2.05) is 23.1 Å². The number of hydrogen-bond donors (Lipinski definition) is 0. The Hall–Kier alpha value is -2.87. The van der Waals surface area contributed by atoms with E-state index in [9.17, 15) is 4.79 Å². The van der Waals surface area contributed by atoms with Crippen LogP contribution in [0, 0.1) is 0 Å². The zero-order chi connectivity index (χ0) is 23.9. The second-order valence-electron chi connectivity index (χ2n) is 8.34. The van der Waals surface area contributed by atoms with Gasteiger partial charge in [-0.25, -0.2) is 0 Å². The number of carbonyl (C=O) groups is 1. The van der Waals surface area contributed by atoms with Gasteiger partial charge in [0, 0.05) is 31.6 Å². The summed E-state index contributed by atoms with van der Waals surface area (Å²) < 4.78 is 16.4. The average Bonchev–Trinajstić information content (AvgIpc) is 3.40. The highest BCUT2D eigenvalue weighted by Crippen LogP contribution is 2.42. The van der Waals surface area contributed by atoms with Crippen molar-refractivity contribution in [3.63, 3.8) is 0 Å². The van der Waals surface area contributed by atoms with E-state index in [0.717, 1.165) is 24.3 Å². The minimum Gasteiger partial charge on any atom is -0.493 e. The number of nitrogens with zero attached hydrogens (tertiary/aromatic N) is 2. The maximum absolute atomic E-state index is 13.6. The predicted octanol–water partition coefficient (Wildman–Crippen LogP) is 4.39. The lowest BCUT2D eigenvalue weighted by molar-refractivity contribution is -0.134. The van der Waals surface area contributed by atoms with Crippen LogP contribution >= 0.6 is 11.3 Å². The average molecular weight is 481 g/mol. The van der Waals surface area contributed by atoms with Crippen molar-refractivity contribution in [2.45, 2.75) is 19.0 Å².